The number of allylic oxidation sites excluding steroid dienone is 1. The maximum absolute atomic E-state index is 11.4. The monoisotopic (exact) mass is 295 g/mol. The normalized spacial score (nSPS) is 13.6. The van der Waals surface area contributed by atoms with Crippen LogP contribution < -0.4 is 0 Å². The molecule has 0 bridgehead atoms. The van der Waals surface area contributed by atoms with Gasteiger partial charge in [-0.05, 0) is 11.1 Å². The molecular weight excluding hydrogens is 278 g/mol. The summed E-state index contributed by atoms with van der Waals surface area (Å²) in [5, 5.41) is 10.9. The summed E-state index contributed by atoms with van der Waals surface area (Å²) in [6.07, 6.45) is 4.35. The van der Waals surface area contributed by atoms with Crippen molar-refractivity contribution < 1.29 is 9.72 Å². The average molecular weight is 295 g/mol. The molecule has 0 saturated heterocycles. The predicted octanol–water partition coefficient (Wildman–Crippen LogP) is 3.58. The Balaban J connectivity index is 2.25. The minimum absolute atomic E-state index is 0.271. The molecule has 112 valence electrons. The molecular formula is C18H17NO3. The Morgan fingerprint density at radius 3 is 2.14 bits per heavy atom. The van der Waals surface area contributed by atoms with Crippen LogP contribution in [-0.4, -0.2) is 17.8 Å². The molecule has 4 heteroatoms. The van der Waals surface area contributed by atoms with E-state index in [0.717, 1.165) is 17.4 Å². The second-order valence-electron chi connectivity index (χ2n) is 5.02. The number of hydrogen-bond donors (Lipinski definition) is 0. The van der Waals surface area contributed by atoms with Gasteiger partial charge in [0.25, 0.3) is 0 Å². The molecule has 2 rings (SSSR count). The molecule has 4 nitrogen and oxygen atoms in total. The molecule has 0 N–H and O–H groups in total. The number of hydrogen-bond acceptors (Lipinski definition) is 3. The predicted molar refractivity (Wildman–Crippen MR) is 86.1 cm³/mol. The molecule has 2 aromatic carbocycles. The molecule has 0 amide bonds. The van der Waals surface area contributed by atoms with Gasteiger partial charge in [-0.25, -0.2) is 0 Å². The number of aldehydes is 1. The Morgan fingerprint density at radius 2 is 1.59 bits per heavy atom. The summed E-state index contributed by atoms with van der Waals surface area (Å²) in [6.45, 7) is -0.271. The molecule has 0 unspecified atom stereocenters. The Labute approximate surface area is 129 Å². The summed E-state index contributed by atoms with van der Waals surface area (Å²) >= 11 is 0. The van der Waals surface area contributed by atoms with E-state index in [1.54, 1.807) is 6.08 Å². The van der Waals surface area contributed by atoms with Crippen molar-refractivity contribution in [1.82, 2.24) is 0 Å². The molecule has 22 heavy (non-hydrogen) atoms. The largest absolute Gasteiger partial charge is 0.303 e. The third kappa shape index (κ3) is 4.38. The summed E-state index contributed by atoms with van der Waals surface area (Å²) in [7, 11) is 0. The van der Waals surface area contributed by atoms with Crippen molar-refractivity contribution in [2.75, 3.05) is 6.54 Å². The molecule has 0 aliphatic rings. The molecule has 0 fully saturated rings. The van der Waals surface area contributed by atoms with Crippen molar-refractivity contribution in [3.63, 3.8) is 0 Å². The highest BCUT2D eigenvalue weighted by Crippen LogP contribution is 2.25. The topological polar surface area (TPSA) is 60.2 Å². The average Bonchev–Trinajstić information content (AvgIpc) is 2.56. The van der Waals surface area contributed by atoms with Crippen molar-refractivity contribution in [1.29, 1.82) is 0 Å². The molecule has 0 aliphatic carbocycles. The fourth-order valence-electron chi connectivity index (χ4n) is 2.37. The second kappa shape index (κ2) is 7.88. The van der Waals surface area contributed by atoms with Crippen LogP contribution in [0.4, 0.5) is 0 Å². The Hall–Kier alpha value is -2.75. The second-order valence-corrected chi connectivity index (χ2v) is 5.02. The number of nitro groups is 1. The van der Waals surface area contributed by atoms with Gasteiger partial charge in [0, 0.05) is 10.8 Å². The zero-order chi connectivity index (χ0) is 15.8. The lowest BCUT2D eigenvalue weighted by Gasteiger charge is -2.17. The fourth-order valence-corrected chi connectivity index (χ4v) is 2.37. The van der Waals surface area contributed by atoms with E-state index in [-0.39, 0.29) is 11.5 Å². The number of carbonyl (C=O) groups excluding carboxylic acids is 1. The van der Waals surface area contributed by atoms with Crippen molar-refractivity contribution in [3.05, 3.63) is 88.0 Å². The standard InChI is InChI=1S/C18H17NO3/c20-14-17(12-11-15-7-3-1-4-8-15)18(13-19(21)22)16-9-5-2-6-10-16/h1-12,14,17-18H,13H2/b12-11+/t17-,18-/m1/s1. The van der Waals surface area contributed by atoms with Crippen LogP contribution in [0.1, 0.15) is 17.0 Å². The first-order valence-electron chi connectivity index (χ1n) is 7.06. The van der Waals surface area contributed by atoms with Crippen LogP contribution in [0.5, 0.6) is 0 Å². The van der Waals surface area contributed by atoms with Gasteiger partial charge in [-0.3, -0.25) is 10.1 Å². The van der Waals surface area contributed by atoms with Gasteiger partial charge in [-0.1, -0.05) is 72.8 Å². The number of rotatable bonds is 7. The van der Waals surface area contributed by atoms with E-state index in [1.807, 2.05) is 66.7 Å². The third-order valence-electron chi connectivity index (χ3n) is 3.51. The molecule has 2 atom stereocenters. The summed E-state index contributed by atoms with van der Waals surface area (Å²) in [5.74, 6) is -0.998. The van der Waals surface area contributed by atoms with Crippen molar-refractivity contribution in [3.8, 4) is 0 Å². The summed E-state index contributed by atoms with van der Waals surface area (Å²) < 4.78 is 0. The third-order valence-corrected chi connectivity index (χ3v) is 3.51. The summed E-state index contributed by atoms with van der Waals surface area (Å²) in [5.41, 5.74) is 1.76. The number of nitrogens with zero attached hydrogens (tertiary/aromatic N) is 1. The Bertz CT molecular complexity index is 638. The van der Waals surface area contributed by atoms with Crippen LogP contribution in [0.2, 0.25) is 0 Å². The van der Waals surface area contributed by atoms with Crippen molar-refractivity contribution in [2.45, 2.75) is 5.92 Å². The minimum atomic E-state index is -0.534. The lowest BCUT2D eigenvalue weighted by Crippen LogP contribution is -2.21. The zero-order valence-electron chi connectivity index (χ0n) is 12.0. The van der Waals surface area contributed by atoms with E-state index in [1.165, 1.54) is 0 Å². The van der Waals surface area contributed by atoms with Gasteiger partial charge in [-0.2, -0.15) is 0 Å². The van der Waals surface area contributed by atoms with E-state index in [2.05, 4.69) is 0 Å². The van der Waals surface area contributed by atoms with Crippen LogP contribution in [0.3, 0.4) is 0 Å². The van der Waals surface area contributed by atoms with Crippen LogP contribution in [-0.2, 0) is 4.79 Å². The van der Waals surface area contributed by atoms with E-state index in [4.69, 9.17) is 0 Å². The molecule has 0 aliphatic heterocycles. The maximum Gasteiger partial charge on any atom is 0.211 e. The SMILES string of the molecule is O=C[C@@H](/C=C/c1ccccc1)[C@H](C[N+](=O)[O-])c1ccccc1. The molecule has 2 aromatic rings. The first kappa shape index (κ1) is 15.6. The van der Waals surface area contributed by atoms with Gasteiger partial charge >= 0.3 is 0 Å². The number of benzene rings is 2. The molecule has 0 spiro atoms. The first-order valence-corrected chi connectivity index (χ1v) is 7.06. The quantitative estimate of drug-likeness (QED) is 0.445. The molecule has 0 heterocycles. The van der Waals surface area contributed by atoms with Gasteiger partial charge in [0.1, 0.15) is 6.29 Å². The lowest BCUT2D eigenvalue weighted by molar-refractivity contribution is -0.484. The van der Waals surface area contributed by atoms with Crippen LogP contribution >= 0.6 is 0 Å². The fraction of sp³-hybridized carbons (Fsp3) is 0.167. The Kier molecular flexibility index (Phi) is 5.60. The Morgan fingerprint density at radius 1 is 1.00 bits per heavy atom. The number of carbonyl (C=O) groups is 1. The molecule has 0 radical (unpaired) electrons. The van der Waals surface area contributed by atoms with Gasteiger partial charge in [-0.15, -0.1) is 0 Å². The van der Waals surface area contributed by atoms with E-state index in [0.29, 0.717) is 0 Å². The van der Waals surface area contributed by atoms with E-state index < -0.39 is 11.8 Å². The van der Waals surface area contributed by atoms with Crippen molar-refractivity contribution >= 4 is 12.4 Å². The van der Waals surface area contributed by atoms with Crippen LogP contribution in [0.15, 0.2) is 66.7 Å². The van der Waals surface area contributed by atoms with Gasteiger partial charge in [0.15, 0.2) is 0 Å². The lowest BCUT2D eigenvalue weighted by atomic mass is 9.86. The maximum atomic E-state index is 11.4. The van der Waals surface area contributed by atoms with Crippen molar-refractivity contribution in [2.24, 2.45) is 5.92 Å². The van der Waals surface area contributed by atoms with Gasteiger partial charge in [0.05, 0.1) is 5.92 Å². The summed E-state index contributed by atoms with van der Waals surface area (Å²) in [6, 6.07) is 18.7. The highest BCUT2D eigenvalue weighted by molar-refractivity contribution is 5.63. The first-order chi connectivity index (χ1) is 10.7. The molecule has 0 saturated carbocycles. The van der Waals surface area contributed by atoms with E-state index >= 15 is 0 Å². The van der Waals surface area contributed by atoms with Gasteiger partial charge in [0.2, 0.25) is 6.54 Å². The minimum Gasteiger partial charge on any atom is -0.303 e. The van der Waals surface area contributed by atoms with Gasteiger partial charge < -0.3 is 4.79 Å². The smallest absolute Gasteiger partial charge is 0.211 e. The van der Waals surface area contributed by atoms with Crippen LogP contribution in [0, 0.1) is 16.0 Å². The zero-order valence-corrected chi connectivity index (χ0v) is 12.0. The highest BCUT2D eigenvalue weighted by Gasteiger charge is 2.25. The summed E-state index contributed by atoms with van der Waals surface area (Å²) in [4.78, 5) is 22.0. The van der Waals surface area contributed by atoms with Crippen LogP contribution in [0.25, 0.3) is 6.08 Å². The highest BCUT2D eigenvalue weighted by atomic mass is 16.6. The molecule has 0 aromatic heterocycles. The van der Waals surface area contributed by atoms with E-state index in [9.17, 15) is 14.9 Å².